The van der Waals surface area contributed by atoms with Gasteiger partial charge in [0, 0.05) is 22.6 Å². The molecule has 53 heavy (non-hydrogen) atoms. The number of aliphatic hydroxyl groups is 2. The van der Waals surface area contributed by atoms with E-state index in [1.165, 1.54) is 0 Å². The first kappa shape index (κ1) is 32.4. The van der Waals surface area contributed by atoms with Crippen LogP contribution in [0.2, 0.25) is 0 Å². The molecule has 0 heterocycles. The minimum atomic E-state index is -1.59. The highest BCUT2D eigenvalue weighted by molar-refractivity contribution is 5.79. The Bertz CT molecular complexity index is 2460. The molecule has 1 aliphatic carbocycles. The van der Waals surface area contributed by atoms with Gasteiger partial charge in [0.05, 0.1) is 0 Å². The average Bonchev–Trinajstić information content (AvgIpc) is 3.24. The molecule has 8 aromatic rings. The minimum Gasteiger partial charge on any atom is -0.376 e. The number of anilines is 3. The summed E-state index contributed by atoms with van der Waals surface area (Å²) in [4.78, 5) is 2.19. The first-order valence-electron chi connectivity index (χ1n) is 18.0. The number of fused-ring (bicyclic) bond motifs is 2. The molecule has 0 aromatic heterocycles. The van der Waals surface area contributed by atoms with Crippen LogP contribution in [-0.4, -0.2) is 10.2 Å². The highest BCUT2D eigenvalue weighted by Gasteiger charge is 2.51. The lowest BCUT2D eigenvalue weighted by atomic mass is 9.63. The van der Waals surface area contributed by atoms with E-state index in [4.69, 9.17) is 0 Å². The first-order valence-corrected chi connectivity index (χ1v) is 18.0. The highest BCUT2D eigenvalue weighted by Crippen LogP contribution is 2.54. The normalized spacial score (nSPS) is 17.4. The van der Waals surface area contributed by atoms with E-state index in [1.54, 1.807) is 0 Å². The van der Waals surface area contributed by atoms with Crippen LogP contribution in [0.3, 0.4) is 0 Å². The van der Waals surface area contributed by atoms with Gasteiger partial charge in [-0.05, 0) is 86.5 Å². The van der Waals surface area contributed by atoms with Crippen LogP contribution >= 0.6 is 0 Å². The zero-order chi connectivity index (χ0) is 35.8. The summed E-state index contributed by atoms with van der Waals surface area (Å²) in [5, 5.41) is 26.8. The summed E-state index contributed by atoms with van der Waals surface area (Å²) < 4.78 is 0. The molecule has 0 bridgehead atoms. The predicted octanol–water partition coefficient (Wildman–Crippen LogP) is 11.4. The van der Waals surface area contributed by atoms with E-state index in [0.717, 1.165) is 50.4 Å². The van der Waals surface area contributed by atoms with Crippen LogP contribution in [0.4, 0.5) is 17.1 Å². The van der Waals surface area contributed by atoms with Crippen molar-refractivity contribution in [1.29, 1.82) is 0 Å². The van der Waals surface area contributed by atoms with Gasteiger partial charge in [0.2, 0.25) is 0 Å². The lowest BCUT2D eigenvalue weighted by molar-refractivity contribution is 0.0748. The van der Waals surface area contributed by atoms with Gasteiger partial charge in [0.15, 0.2) is 0 Å². The number of hydrogen-bond acceptors (Lipinski definition) is 3. The van der Waals surface area contributed by atoms with E-state index in [1.807, 2.05) is 127 Å². The summed E-state index contributed by atoms with van der Waals surface area (Å²) in [6.45, 7) is 0. The molecule has 3 nitrogen and oxygen atoms in total. The van der Waals surface area contributed by atoms with Crippen LogP contribution in [-0.2, 0) is 11.2 Å². The molecule has 0 aliphatic heterocycles. The summed E-state index contributed by atoms with van der Waals surface area (Å²) >= 11 is 0. The zero-order valence-electron chi connectivity index (χ0n) is 29.0. The van der Waals surface area contributed by atoms with E-state index in [0.29, 0.717) is 22.3 Å². The maximum Gasteiger partial charge on any atom is 0.141 e. The summed E-state index contributed by atoms with van der Waals surface area (Å²) in [5.74, 6) is 0. The van der Waals surface area contributed by atoms with E-state index >= 15 is 0 Å². The fraction of sp³-hybridized carbons (Fsp3) is 0.0400. The molecule has 8 aromatic carbocycles. The standard InChI is InChI=1S/C50H37NO2/c52-49(40-29-25-38(26-30-40)36-15-5-1-6-16-36)45-23-13-14-24-46(45)50(53,41-31-27-39(28-32-41)37-17-7-2-8-18-37)48-35-44(33-34-47(48)49)51(42-19-9-3-10-20-42)43-21-11-4-12-22-43/h1-35,52-53H. The quantitative estimate of drug-likeness (QED) is 0.176. The SMILES string of the molecule is OC1(c2ccc(-c3ccccc3)cc2)c2ccccc2C(O)(c2ccc(-c3ccccc3)cc2)c2cc(N(c3ccccc3)c3ccccc3)ccc21. The average molecular weight is 684 g/mol. The maximum absolute atomic E-state index is 13.5. The van der Waals surface area contributed by atoms with Gasteiger partial charge in [0.1, 0.15) is 11.2 Å². The molecule has 9 rings (SSSR count). The summed E-state index contributed by atoms with van der Waals surface area (Å²) in [5.41, 5.74) is 7.99. The largest absolute Gasteiger partial charge is 0.376 e. The Morgan fingerprint density at radius 3 is 1.06 bits per heavy atom. The van der Waals surface area contributed by atoms with Gasteiger partial charge >= 0.3 is 0 Å². The molecular formula is C50H37NO2. The Morgan fingerprint density at radius 2 is 0.623 bits per heavy atom. The Balaban J connectivity index is 1.28. The summed E-state index contributed by atoms with van der Waals surface area (Å²) in [7, 11) is 0. The van der Waals surface area contributed by atoms with Gasteiger partial charge in [-0.25, -0.2) is 0 Å². The van der Waals surface area contributed by atoms with Crippen LogP contribution in [0.15, 0.2) is 212 Å². The molecule has 0 spiro atoms. The third kappa shape index (κ3) is 5.46. The van der Waals surface area contributed by atoms with Gasteiger partial charge in [-0.2, -0.15) is 0 Å². The van der Waals surface area contributed by atoms with Gasteiger partial charge < -0.3 is 15.1 Å². The minimum absolute atomic E-state index is 0.618. The van der Waals surface area contributed by atoms with Gasteiger partial charge in [-0.3, -0.25) is 0 Å². The molecule has 2 unspecified atom stereocenters. The van der Waals surface area contributed by atoms with Gasteiger partial charge in [-0.15, -0.1) is 0 Å². The third-order valence-electron chi connectivity index (χ3n) is 10.6. The van der Waals surface area contributed by atoms with Crippen LogP contribution < -0.4 is 4.90 Å². The fourth-order valence-corrected chi connectivity index (χ4v) is 7.98. The van der Waals surface area contributed by atoms with E-state index in [2.05, 4.69) is 89.8 Å². The number of rotatable bonds is 7. The molecule has 2 N–H and O–H groups in total. The maximum atomic E-state index is 13.5. The zero-order valence-corrected chi connectivity index (χ0v) is 29.0. The molecule has 0 amide bonds. The Hall–Kier alpha value is -6.52. The molecule has 0 saturated heterocycles. The topological polar surface area (TPSA) is 43.7 Å². The van der Waals surface area contributed by atoms with Crippen molar-refractivity contribution in [3.63, 3.8) is 0 Å². The Morgan fingerprint density at radius 1 is 0.283 bits per heavy atom. The molecule has 0 fully saturated rings. The van der Waals surface area contributed by atoms with Crippen molar-refractivity contribution < 1.29 is 10.2 Å². The Kier molecular flexibility index (Phi) is 8.08. The third-order valence-corrected chi connectivity index (χ3v) is 10.6. The monoisotopic (exact) mass is 683 g/mol. The number of benzene rings is 8. The molecule has 3 heteroatoms. The van der Waals surface area contributed by atoms with Crippen LogP contribution in [0, 0.1) is 0 Å². The van der Waals surface area contributed by atoms with Crippen LogP contribution in [0.1, 0.15) is 33.4 Å². The smallest absolute Gasteiger partial charge is 0.141 e. The fourth-order valence-electron chi connectivity index (χ4n) is 7.98. The van der Waals surface area contributed by atoms with Crippen molar-refractivity contribution in [3.8, 4) is 22.3 Å². The number of hydrogen-bond donors (Lipinski definition) is 2. The second-order valence-corrected chi connectivity index (χ2v) is 13.6. The molecule has 254 valence electrons. The highest BCUT2D eigenvalue weighted by atomic mass is 16.3. The van der Waals surface area contributed by atoms with Crippen LogP contribution in [0.25, 0.3) is 22.3 Å². The van der Waals surface area contributed by atoms with Crippen LogP contribution in [0.5, 0.6) is 0 Å². The molecular weight excluding hydrogens is 647 g/mol. The number of nitrogens with zero attached hydrogens (tertiary/aromatic N) is 1. The van der Waals surface area contributed by atoms with Gasteiger partial charge in [0.25, 0.3) is 0 Å². The summed E-state index contributed by atoms with van der Waals surface area (Å²) in [6.07, 6.45) is 0. The first-order chi connectivity index (χ1) is 26.0. The lowest BCUT2D eigenvalue weighted by Gasteiger charge is -2.45. The molecule has 0 radical (unpaired) electrons. The van der Waals surface area contributed by atoms with E-state index in [9.17, 15) is 10.2 Å². The van der Waals surface area contributed by atoms with Crippen molar-refractivity contribution in [1.82, 2.24) is 0 Å². The molecule has 2 atom stereocenters. The van der Waals surface area contributed by atoms with Gasteiger partial charge in [-0.1, -0.05) is 176 Å². The summed E-state index contributed by atoms with van der Waals surface area (Å²) in [6, 6.07) is 71.2. The van der Waals surface area contributed by atoms with Crippen molar-refractivity contribution in [2.75, 3.05) is 4.90 Å². The molecule has 0 saturated carbocycles. The second-order valence-electron chi connectivity index (χ2n) is 13.6. The van der Waals surface area contributed by atoms with Crippen molar-refractivity contribution in [2.45, 2.75) is 11.2 Å². The van der Waals surface area contributed by atoms with Crippen molar-refractivity contribution in [2.24, 2.45) is 0 Å². The number of para-hydroxylation sites is 2. The van der Waals surface area contributed by atoms with Crippen molar-refractivity contribution >= 4 is 17.1 Å². The lowest BCUT2D eigenvalue weighted by Crippen LogP contribution is -2.44. The predicted molar refractivity (Wildman–Crippen MR) is 216 cm³/mol. The van der Waals surface area contributed by atoms with E-state index in [-0.39, 0.29) is 0 Å². The molecule has 1 aliphatic rings. The van der Waals surface area contributed by atoms with Crippen molar-refractivity contribution in [3.05, 3.63) is 246 Å². The van der Waals surface area contributed by atoms with E-state index < -0.39 is 11.2 Å². The Labute approximate surface area is 310 Å². The second kappa shape index (κ2) is 13.2.